The number of para-hydroxylation sites is 1. The van der Waals surface area contributed by atoms with Crippen LogP contribution in [0.3, 0.4) is 0 Å². The van der Waals surface area contributed by atoms with E-state index in [0.717, 1.165) is 41.5 Å². The molecule has 2 N–H and O–H groups in total. The molecule has 1 heterocycles. The molecule has 6 nitrogen and oxygen atoms in total. The Morgan fingerprint density at radius 3 is 2.43 bits per heavy atom. The van der Waals surface area contributed by atoms with Crippen molar-refractivity contribution in [3.63, 3.8) is 0 Å². The van der Waals surface area contributed by atoms with Crippen molar-refractivity contribution in [1.29, 1.82) is 0 Å². The Hall–Kier alpha value is -3.12. The van der Waals surface area contributed by atoms with Crippen LogP contribution in [0.5, 0.6) is 5.75 Å². The van der Waals surface area contributed by atoms with Gasteiger partial charge in [0.2, 0.25) is 5.95 Å². The first-order valence-corrected chi connectivity index (χ1v) is 9.34. The lowest BCUT2D eigenvalue weighted by Crippen LogP contribution is -2.21. The molecule has 0 saturated heterocycles. The van der Waals surface area contributed by atoms with E-state index in [-0.39, 0.29) is 0 Å². The molecular weight excluding hydrogens is 350 g/mol. The number of anilines is 2. The van der Waals surface area contributed by atoms with Crippen LogP contribution in [-0.2, 0) is 6.54 Å². The second-order valence-corrected chi connectivity index (χ2v) is 6.72. The van der Waals surface area contributed by atoms with Crippen molar-refractivity contribution in [3.05, 3.63) is 66.2 Å². The smallest absolute Gasteiger partial charge is 0.225 e. The van der Waals surface area contributed by atoms with E-state index >= 15 is 0 Å². The number of rotatable bonds is 9. The van der Waals surface area contributed by atoms with Gasteiger partial charge < -0.3 is 20.3 Å². The summed E-state index contributed by atoms with van der Waals surface area (Å²) < 4.78 is 5.43. The fourth-order valence-corrected chi connectivity index (χ4v) is 2.80. The van der Waals surface area contributed by atoms with Gasteiger partial charge in [-0.2, -0.15) is 4.98 Å². The third-order valence-electron chi connectivity index (χ3n) is 4.29. The third kappa shape index (κ3) is 5.44. The van der Waals surface area contributed by atoms with Crippen molar-refractivity contribution < 1.29 is 4.74 Å². The molecule has 0 radical (unpaired) electrons. The molecule has 3 aromatic rings. The van der Waals surface area contributed by atoms with Crippen LogP contribution in [0.2, 0.25) is 0 Å². The van der Waals surface area contributed by atoms with E-state index in [9.17, 15) is 0 Å². The minimum atomic E-state index is 0.583. The Labute approximate surface area is 166 Å². The van der Waals surface area contributed by atoms with E-state index in [0.29, 0.717) is 12.5 Å². The highest BCUT2D eigenvalue weighted by molar-refractivity contribution is 5.64. The Bertz CT molecular complexity index is 883. The second kappa shape index (κ2) is 9.71. The van der Waals surface area contributed by atoms with Crippen molar-refractivity contribution in [1.82, 2.24) is 14.9 Å². The molecule has 0 aliphatic carbocycles. The molecule has 0 amide bonds. The fraction of sp³-hybridized carbons (Fsp3) is 0.273. The minimum Gasteiger partial charge on any atom is -0.496 e. The third-order valence-corrected chi connectivity index (χ3v) is 4.29. The van der Waals surface area contributed by atoms with Gasteiger partial charge >= 0.3 is 0 Å². The Kier molecular flexibility index (Phi) is 6.81. The van der Waals surface area contributed by atoms with Gasteiger partial charge in [0.05, 0.1) is 12.8 Å². The van der Waals surface area contributed by atoms with E-state index in [1.807, 2.05) is 48.5 Å². The normalized spacial score (nSPS) is 10.7. The summed E-state index contributed by atoms with van der Waals surface area (Å²) in [4.78, 5) is 11.5. The lowest BCUT2D eigenvalue weighted by Gasteiger charge is -2.14. The van der Waals surface area contributed by atoms with Crippen molar-refractivity contribution in [2.45, 2.75) is 6.54 Å². The van der Waals surface area contributed by atoms with Gasteiger partial charge in [-0.3, -0.25) is 0 Å². The van der Waals surface area contributed by atoms with Crippen LogP contribution in [0.15, 0.2) is 60.7 Å². The summed E-state index contributed by atoms with van der Waals surface area (Å²) >= 11 is 0. The maximum Gasteiger partial charge on any atom is 0.225 e. The standard InChI is InChI=1S/C22H27N5O/c1-27(2)14-13-23-21-15-19(17-9-5-4-6-10-17)25-22(26-21)24-16-18-11-7-8-12-20(18)28-3/h4-12,15H,13-14,16H2,1-3H3,(H2,23,24,25,26). The summed E-state index contributed by atoms with van der Waals surface area (Å²) in [6.45, 7) is 2.32. The Morgan fingerprint density at radius 1 is 0.929 bits per heavy atom. The molecule has 146 valence electrons. The molecule has 1 aromatic heterocycles. The number of nitrogens with one attached hydrogen (secondary N) is 2. The van der Waals surface area contributed by atoms with Crippen molar-refractivity contribution >= 4 is 11.8 Å². The monoisotopic (exact) mass is 377 g/mol. The molecule has 0 bridgehead atoms. The largest absolute Gasteiger partial charge is 0.496 e. The molecular formula is C22H27N5O. The fourth-order valence-electron chi connectivity index (χ4n) is 2.80. The summed E-state index contributed by atoms with van der Waals surface area (Å²) in [6, 6.07) is 20.1. The quantitative estimate of drug-likeness (QED) is 0.592. The van der Waals surface area contributed by atoms with Crippen LogP contribution in [0.1, 0.15) is 5.56 Å². The van der Waals surface area contributed by atoms with E-state index in [2.05, 4.69) is 46.7 Å². The maximum absolute atomic E-state index is 5.43. The van der Waals surface area contributed by atoms with Crippen LogP contribution in [0, 0.1) is 0 Å². The van der Waals surface area contributed by atoms with Crippen molar-refractivity contribution in [2.24, 2.45) is 0 Å². The number of nitrogens with zero attached hydrogens (tertiary/aromatic N) is 3. The zero-order valence-corrected chi connectivity index (χ0v) is 16.6. The molecule has 0 unspecified atom stereocenters. The molecule has 0 saturated carbocycles. The number of hydrogen-bond acceptors (Lipinski definition) is 6. The molecule has 6 heteroatoms. The first kappa shape index (κ1) is 19.6. The molecule has 0 atom stereocenters. The molecule has 0 fully saturated rings. The van der Waals surface area contributed by atoms with Crippen LogP contribution in [0.25, 0.3) is 11.3 Å². The molecule has 0 spiro atoms. The zero-order chi connectivity index (χ0) is 19.8. The predicted molar refractivity (Wildman–Crippen MR) is 115 cm³/mol. The maximum atomic E-state index is 5.43. The van der Waals surface area contributed by atoms with Gasteiger partial charge in [0, 0.05) is 36.8 Å². The number of aromatic nitrogens is 2. The van der Waals surface area contributed by atoms with Crippen LogP contribution in [0.4, 0.5) is 11.8 Å². The molecule has 3 rings (SSSR count). The zero-order valence-electron chi connectivity index (χ0n) is 16.6. The van der Waals surface area contributed by atoms with Gasteiger partial charge in [0.15, 0.2) is 0 Å². The minimum absolute atomic E-state index is 0.583. The topological polar surface area (TPSA) is 62.3 Å². The second-order valence-electron chi connectivity index (χ2n) is 6.72. The Morgan fingerprint density at radius 2 is 1.68 bits per heavy atom. The van der Waals surface area contributed by atoms with E-state index in [1.54, 1.807) is 7.11 Å². The number of methoxy groups -OCH3 is 1. The van der Waals surface area contributed by atoms with Gasteiger partial charge in [0.1, 0.15) is 11.6 Å². The molecule has 0 aliphatic heterocycles. The van der Waals surface area contributed by atoms with Crippen LogP contribution < -0.4 is 15.4 Å². The van der Waals surface area contributed by atoms with Crippen molar-refractivity contribution in [2.75, 3.05) is 44.9 Å². The molecule has 2 aromatic carbocycles. The van der Waals surface area contributed by atoms with Crippen LogP contribution in [-0.4, -0.2) is 49.2 Å². The Balaban J connectivity index is 1.82. The lowest BCUT2D eigenvalue weighted by molar-refractivity contribution is 0.410. The predicted octanol–water partition coefficient (Wildman–Crippen LogP) is 3.74. The highest BCUT2D eigenvalue weighted by Gasteiger charge is 2.08. The first-order valence-electron chi connectivity index (χ1n) is 9.34. The lowest BCUT2D eigenvalue weighted by atomic mass is 10.1. The number of hydrogen-bond donors (Lipinski definition) is 2. The molecule has 28 heavy (non-hydrogen) atoms. The van der Waals surface area contributed by atoms with E-state index < -0.39 is 0 Å². The number of benzene rings is 2. The van der Waals surface area contributed by atoms with Crippen molar-refractivity contribution in [3.8, 4) is 17.0 Å². The highest BCUT2D eigenvalue weighted by Crippen LogP contribution is 2.23. The molecule has 0 aliphatic rings. The highest BCUT2D eigenvalue weighted by atomic mass is 16.5. The van der Waals surface area contributed by atoms with E-state index in [1.165, 1.54) is 0 Å². The van der Waals surface area contributed by atoms with Gasteiger partial charge in [-0.05, 0) is 20.2 Å². The average molecular weight is 377 g/mol. The summed E-state index contributed by atoms with van der Waals surface area (Å²) in [5, 5.41) is 6.72. The number of likely N-dealkylation sites (N-methyl/N-ethyl adjacent to an activating group) is 1. The van der Waals surface area contributed by atoms with Gasteiger partial charge in [-0.15, -0.1) is 0 Å². The van der Waals surface area contributed by atoms with E-state index in [4.69, 9.17) is 9.72 Å². The first-order chi connectivity index (χ1) is 13.7. The average Bonchev–Trinajstić information content (AvgIpc) is 2.72. The summed E-state index contributed by atoms with van der Waals surface area (Å²) in [6.07, 6.45) is 0. The van der Waals surface area contributed by atoms with Gasteiger partial charge in [0.25, 0.3) is 0 Å². The SMILES string of the molecule is COc1ccccc1CNc1nc(NCCN(C)C)cc(-c2ccccc2)n1. The summed E-state index contributed by atoms with van der Waals surface area (Å²) in [5.41, 5.74) is 2.99. The van der Waals surface area contributed by atoms with Crippen LogP contribution >= 0.6 is 0 Å². The van der Waals surface area contributed by atoms with Gasteiger partial charge in [-0.1, -0.05) is 48.5 Å². The van der Waals surface area contributed by atoms with Gasteiger partial charge in [-0.25, -0.2) is 4.98 Å². The summed E-state index contributed by atoms with van der Waals surface area (Å²) in [7, 11) is 5.78. The summed E-state index contributed by atoms with van der Waals surface area (Å²) in [5.74, 6) is 2.23. The number of ether oxygens (including phenoxy) is 1.